The summed E-state index contributed by atoms with van der Waals surface area (Å²) >= 11 is 0. The summed E-state index contributed by atoms with van der Waals surface area (Å²) in [6, 6.07) is 12.8. The molecule has 2 aromatic heterocycles. The third-order valence-electron chi connectivity index (χ3n) is 3.71. The Morgan fingerprint density at radius 3 is 2.86 bits per heavy atom. The predicted molar refractivity (Wildman–Crippen MR) is 85.2 cm³/mol. The van der Waals surface area contributed by atoms with Crippen LogP contribution in [0.3, 0.4) is 0 Å². The molecule has 4 heteroatoms. The molecular weight excluding hydrogens is 260 g/mol. The van der Waals surface area contributed by atoms with E-state index in [-0.39, 0.29) is 6.04 Å². The van der Waals surface area contributed by atoms with Crippen LogP contribution in [-0.4, -0.2) is 21.3 Å². The van der Waals surface area contributed by atoms with E-state index < -0.39 is 0 Å². The molecule has 1 aromatic carbocycles. The molecule has 0 radical (unpaired) electrons. The number of nitrogens with zero attached hydrogens (tertiary/aromatic N) is 3. The Labute approximate surface area is 124 Å². The predicted octanol–water partition coefficient (Wildman–Crippen LogP) is 3.15. The van der Waals surface area contributed by atoms with Crippen molar-refractivity contribution in [2.45, 2.75) is 26.4 Å². The molecule has 0 saturated carbocycles. The number of aromatic nitrogens is 3. The largest absolute Gasteiger partial charge is 0.305 e. The Hall–Kier alpha value is -2.20. The van der Waals surface area contributed by atoms with E-state index in [4.69, 9.17) is 0 Å². The van der Waals surface area contributed by atoms with Crippen molar-refractivity contribution in [1.82, 2.24) is 20.1 Å². The third-order valence-corrected chi connectivity index (χ3v) is 3.71. The molecule has 0 amide bonds. The van der Waals surface area contributed by atoms with Gasteiger partial charge in [-0.25, -0.2) is 0 Å². The standard InChI is InChI=1S/C17H20N4/c1-3-18-17(16-9-11-20-21(16)4-2)14-7-8-15-13(12-14)6-5-10-19-15/h5-12,17-18H,3-4H2,1-2H3. The van der Waals surface area contributed by atoms with Crippen LogP contribution in [0, 0.1) is 0 Å². The van der Waals surface area contributed by atoms with Crippen molar-refractivity contribution >= 4 is 10.9 Å². The van der Waals surface area contributed by atoms with Crippen LogP contribution in [0.2, 0.25) is 0 Å². The molecule has 0 bridgehead atoms. The SMILES string of the molecule is CCNC(c1ccc2ncccc2c1)c1ccnn1CC. The van der Waals surface area contributed by atoms with E-state index >= 15 is 0 Å². The number of rotatable bonds is 5. The van der Waals surface area contributed by atoms with Crippen LogP contribution in [0.1, 0.15) is 31.1 Å². The van der Waals surface area contributed by atoms with Crippen molar-refractivity contribution in [2.24, 2.45) is 0 Å². The van der Waals surface area contributed by atoms with E-state index in [2.05, 4.69) is 59.6 Å². The molecule has 1 atom stereocenters. The average Bonchev–Trinajstić information content (AvgIpc) is 3.00. The molecule has 0 aliphatic carbocycles. The summed E-state index contributed by atoms with van der Waals surface area (Å²) in [6.07, 6.45) is 3.70. The van der Waals surface area contributed by atoms with Gasteiger partial charge in [0.05, 0.1) is 17.3 Å². The molecule has 1 N–H and O–H groups in total. The Morgan fingerprint density at radius 2 is 2.05 bits per heavy atom. The van der Waals surface area contributed by atoms with E-state index in [1.165, 1.54) is 16.6 Å². The smallest absolute Gasteiger partial charge is 0.0748 e. The Morgan fingerprint density at radius 1 is 1.14 bits per heavy atom. The number of nitrogens with one attached hydrogen (secondary N) is 1. The molecule has 21 heavy (non-hydrogen) atoms. The normalized spacial score (nSPS) is 12.7. The quantitative estimate of drug-likeness (QED) is 0.780. The minimum Gasteiger partial charge on any atom is -0.305 e. The van der Waals surface area contributed by atoms with Crippen LogP contribution in [0.4, 0.5) is 0 Å². The van der Waals surface area contributed by atoms with E-state index in [1.807, 2.05) is 23.1 Å². The second-order valence-electron chi connectivity index (χ2n) is 5.02. The van der Waals surface area contributed by atoms with E-state index in [0.29, 0.717) is 0 Å². The monoisotopic (exact) mass is 280 g/mol. The highest BCUT2D eigenvalue weighted by atomic mass is 15.3. The maximum atomic E-state index is 4.39. The van der Waals surface area contributed by atoms with Gasteiger partial charge in [0.1, 0.15) is 0 Å². The topological polar surface area (TPSA) is 42.7 Å². The molecule has 108 valence electrons. The Bertz CT molecular complexity index is 732. The zero-order valence-electron chi connectivity index (χ0n) is 12.5. The molecule has 3 aromatic rings. The van der Waals surface area contributed by atoms with Gasteiger partial charge < -0.3 is 5.32 Å². The van der Waals surface area contributed by atoms with Gasteiger partial charge in [-0.15, -0.1) is 0 Å². The first kappa shape index (κ1) is 13.8. The number of aryl methyl sites for hydroxylation is 1. The zero-order valence-corrected chi connectivity index (χ0v) is 12.5. The molecule has 1 unspecified atom stereocenters. The maximum absolute atomic E-state index is 4.39. The van der Waals surface area contributed by atoms with Crippen LogP contribution in [0.15, 0.2) is 48.8 Å². The lowest BCUT2D eigenvalue weighted by atomic mass is 10.0. The number of hydrogen-bond acceptors (Lipinski definition) is 3. The summed E-state index contributed by atoms with van der Waals surface area (Å²) in [7, 11) is 0. The minimum atomic E-state index is 0.155. The molecule has 0 aliphatic heterocycles. The number of fused-ring (bicyclic) bond motifs is 1. The van der Waals surface area contributed by atoms with Crippen molar-refractivity contribution in [3.8, 4) is 0 Å². The van der Waals surface area contributed by atoms with E-state index in [9.17, 15) is 0 Å². The van der Waals surface area contributed by atoms with Gasteiger partial charge in [0.15, 0.2) is 0 Å². The first-order valence-corrected chi connectivity index (χ1v) is 7.43. The lowest BCUT2D eigenvalue weighted by Crippen LogP contribution is -2.24. The van der Waals surface area contributed by atoms with Gasteiger partial charge in [0.25, 0.3) is 0 Å². The summed E-state index contributed by atoms with van der Waals surface area (Å²) in [6.45, 7) is 6.02. The van der Waals surface area contributed by atoms with Crippen molar-refractivity contribution in [3.63, 3.8) is 0 Å². The van der Waals surface area contributed by atoms with Gasteiger partial charge in [-0.3, -0.25) is 9.67 Å². The van der Waals surface area contributed by atoms with Crippen LogP contribution in [0.25, 0.3) is 10.9 Å². The lowest BCUT2D eigenvalue weighted by Gasteiger charge is -2.20. The first-order valence-electron chi connectivity index (χ1n) is 7.43. The van der Waals surface area contributed by atoms with Crippen LogP contribution >= 0.6 is 0 Å². The summed E-state index contributed by atoms with van der Waals surface area (Å²) in [5.41, 5.74) is 3.47. The Kier molecular flexibility index (Phi) is 3.97. The fourth-order valence-corrected chi connectivity index (χ4v) is 2.72. The van der Waals surface area contributed by atoms with Gasteiger partial charge in [-0.2, -0.15) is 5.10 Å². The van der Waals surface area contributed by atoms with E-state index in [1.54, 1.807) is 0 Å². The van der Waals surface area contributed by atoms with Crippen molar-refractivity contribution < 1.29 is 0 Å². The molecular formula is C17H20N4. The van der Waals surface area contributed by atoms with Crippen molar-refractivity contribution in [1.29, 1.82) is 0 Å². The number of hydrogen-bond donors (Lipinski definition) is 1. The lowest BCUT2D eigenvalue weighted by molar-refractivity contribution is 0.543. The highest BCUT2D eigenvalue weighted by molar-refractivity contribution is 5.79. The fourth-order valence-electron chi connectivity index (χ4n) is 2.72. The molecule has 2 heterocycles. The molecule has 0 aliphatic rings. The molecule has 0 fully saturated rings. The summed E-state index contributed by atoms with van der Waals surface area (Å²) in [4.78, 5) is 4.39. The third kappa shape index (κ3) is 2.67. The zero-order chi connectivity index (χ0) is 14.7. The van der Waals surface area contributed by atoms with Crippen LogP contribution in [0.5, 0.6) is 0 Å². The maximum Gasteiger partial charge on any atom is 0.0748 e. The first-order chi connectivity index (χ1) is 10.3. The summed E-state index contributed by atoms with van der Waals surface area (Å²) in [5.74, 6) is 0. The van der Waals surface area contributed by atoms with Crippen LogP contribution < -0.4 is 5.32 Å². The fraction of sp³-hybridized carbons (Fsp3) is 0.294. The molecule has 0 spiro atoms. The molecule has 4 nitrogen and oxygen atoms in total. The summed E-state index contributed by atoms with van der Waals surface area (Å²) < 4.78 is 2.04. The van der Waals surface area contributed by atoms with E-state index in [0.717, 1.165) is 18.6 Å². The van der Waals surface area contributed by atoms with Gasteiger partial charge in [0, 0.05) is 24.3 Å². The number of pyridine rings is 1. The van der Waals surface area contributed by atoms with Gasteiger partial charge in [-0.1, -0.05) is 19.1 Å². The Balaban J connectivity index is 2.06. The highest BCUT2D eigenvalue weighted by Crippen LogP contribution is 2.24. The number of benzene rings is 1. The second-order valence-corrected chi connectivity index (χ2v) is 5.02. The second kappa shape index (κ2) is 6.06. The molecule has 3 rings (SSSR count). The minimum absolute atomic E-state index is 0.155. The van der Waals surface area contributed by atoms with Gasteiger partial charge >= 0.3 is 0 Å². The summed E-state index contributed by atoms with van der Waals surface area (Å²) in [5, 5.41) is 9.12. The van der Waals surface area contributed by atoms with Crippen LogP contribution in [-0.2, 0) is 6.54 Å². The van der Waals surface area contributed by atoms with Crippen molar-refractivity contribution in [2.75, 3.05) is 6.54 Å². The van der Waals surface area contributed by atoms with Gasteiger partial charge in [0.2, 0.25) is 0 Å². The van der Waals surface area contributed by atoms with Gasteiger partial charge in [-0.05, 0) is 43.3 Å². The highest BCUT2D eigenvalue weighted by Gasteiger charge is 2.17. The van der Waals surface area contributed by atoms with Crippen molar-refractivity contribution in [3.05, 3.63) is 60.0 Å². The average molecular weight is 280 g/mol. The molecule has 0 saturated heterocycles.